The fraction of sp³-hybridized carbons (Fsp3) is 0.474. The van der Waals surface area contributed by atoms with Gasteiger partial charge in [0.25, 0.3) is 0 Å². The maximum absolute atomic E-state index is 13.7. The summed E-state index contributed by atoms with van der Waals surface area (Å²) in [5.41, 5.74) is -0.159. The van der Waals surface area contributed by atoms with Crippen molar-refractivity contribution in [3.05, 3.63) is 35.5 Å². The number of carboxylic acids is 1. The fourth-order valence-corrected chi connectivity index (χ4v) is 3.30. The molecule has 7 nitrogen and oxygen atoms in total. The van der Waals surface area contributed by atoms with Crippen molar-refractivity contribution in [1.29, 1.82) is 0 Å². The van der Waals surface area contributed by atoms with Crippen molar-refractivity contribution < 1.29 is 23.6 Å². The molecule has 0 unspecified atom stereocenters. The zero-order valence-corrected chi connectivity index (χ0v) is 15.1. The van der Waals surface area contributed by atoms with Crippen LogP contribution in [0.4, 0.5) is 4.39 Å². The van der Waals surface area contributed by atoms with Crippen molar-refractivity contribution in [3.8, 4) is 11.4 Å². The maximum Gasteiger partial charge on any atom is 0.329 e. The molecule has 0 atom stereocenters. The molecular weight excluding hydrogens is 353 g/mol. The molecule has 3 rings (SSSR count). The normalized spacial score (nSPS) is 16.1. The molecule has 8 heteroatoms. The minimum atomic E-state index is -1.17. The minimum absolute atomic E-state index is 0.0406. The number of rotatable bonds is 6. The number of benzene rings is 1. The molecule has 144 valence electrons. The molecule has 1 aliphatic rings. The van der Waals surface area contributed by atoms with Crippen molar-refractivity contribution in [3.63, 3.8) is 0 Å². The summed E-state index contributed by atoms with van der Waals surface area (Å²) in [5, 5.41) is 16.0. The zero-order valence-electron chi connectivity index (χ0n) is 15.1. The second kappa shape index (κ2) is 7.85. The predicted octanol–water partition coefficient (Wildman–Crippen LogP) is 3.02. The molecule has 2 N–H and O–H groups in total. The van der Waals surface area contributed by atoms with Gasteiger partial charge in [-0.3, -0.25) is 4.79 Å². The van der Waals surface area contributed by atoms with Crippen molar-refractivity contribution in [2.45, 2.75) is 57.4 Å². The van der Waals surface area contributed by atoms with E-state index < -0.39 is 11.5 Å². The van der Waals surface area contributed by atoms with Crippen LogP contribution >= 0.6 is 0 Å². The summed E-state index contributed by atoms with van der Waals surface area (Å²) >= 11 is 0. The van der Waals surface area contributed by atoms with E-state index in [0.29, 0.717) is 24.0 Å². The molecule has 1 saturated carbocycles. The topological polar surface area (TPSA) is 105 Å². The molecule has 1 aliphatic carbocycles. The van der Waals surface area contributed by atoms with E-state index in [9.17, 15) is 19.1 Å². The van der Waals surface area contributed by atoms with Gasteiger partial charge < -0.3 is 14.9 Å². The first kappa shape index (κ1) is 19.0. The van der Waals surface area contributed by atoms with Crippen LogP contribution < -0.4 is 5.32 Å². The molecule has 0 bridgehead atoms. The smallest absolute Gasteiger partial charge is 0.329 e. The number of carboxylic acid groups (broad SMARTS) is 1. The van der Waals surface area contributed by atoms with Gasteiger partial charge in [0.1, 0.15) is 11.4 Å². The molecule has 1 aromatic heterocycles. The first-order valence-corrected chi connectivity index (χ1v) is 9.03. The SMILES string of the molecule is Cc1ccc(-c2noc(CCC(=O)NC3(C(=O)O)CCCCC3)n2)cc1F. The Bertz CT molecular complexity index is 843. The Labute approximate surface area is 156 Å². The lowest BCUT2D eigenvalue weighted by atomic mass is 9.81. The first-order chi connectivity index (χ1) is 12.9. The molecule has 0 aliphatic heterocycles. The van der Waals surface area contributed by atoms with Crippen LogP contribution in [0, 0.1) is 12.7 Å². The fourth-order valence-electron chi connectivity index (χ4n) is 3.30. The maximum atomic E-state index is 13.7. The van der Waals surface area contributed by atoms with Crippen molar-refractivity contribution in [1.82, 2.24) is 15.5 Å². The van der Waals surface area contributed by atoms with E-state index in [4.69, 9.17) is 4.52 Å². The van der Waals surface area contributed by atoms with Gasteiger partial charge in [-0.25, -0.2) is 9.18 Å². The third kappa shape index (κ3) is 4.32. The second-order valence-corrected chi connectivity index (χ2v) is 6.97. The average Bonchev–Trinajstić information content (AvgIpc) is 3.12. The predicted molar refractivity (Wildman–Crippen MR) is 94.3 cm³/mol. The Morgan fingerprint density at radius 1 is 1.30 bits per heavy atom. The molecule has 2 aromatic rings. The molecule has 1 fully saturated rings. The highest BCUT2D eigenvalue weighted by Gasteiger charge is 2.40. The zero-order chi connectivity index (χ0) is 19.4. The van der Waals surface area contributed by atoms with Gasteiger partial charge in [-0.05, 0) is 31.4 Å². The quantitative estimate of drug-likeness (QED) is 0.804. The van der Waals surface area contributed by atoms with Crippen LogP contribution in [-0.4, -0.2) is 32.7 Å². The lowest BCUT2D eigenvalue weighted by molar-refractivity contribution is -0.149. The van der Waals surface area contributed by atoms with E-state index in [1.165, 1.54) is 6.07 Å². The van der Waals surface area contributed by atoms with E-state index in [1.54, 1.807) is 19.1 Å². The van der Waals surface area contributed by atoms with Crippen LogP contribution in [0.5, 0.6) is 0 Å². The average molecular weight is 375 g/mol. The van der Waals surface area contributed by atoms with Crippen molar-refractivity contribution >= 4 is 11.9 Å². The van der Waals surface area contributed by atoms with Gasteiger partial charge in [-0.2, -0.15) is 4.98 Å². The molecule has 0 radical (unpaired) electrons. The van der Waals surface area contributed by atoms with Gasteiger partial charge in [0, 0.05) is 18.4 Å². The summed E-state index contributed by atoms with van der Waals surface area (Å²) in [4.78, 5) is 28.0. The number of nitrogens with zero attached hydrogens (tertiary/aromatic N) is 2. The Balaban J connectivity index is 1.60. The number of hydrogen-bond donors (Lipinski definition) is 2. The summed E-state index contributed by atoms with van der Waals surface area (Å²) in [6.45, 7) is 1.66. The lowest BCUT2D eigenvalue weighted by Crippen LogP contribution is -2.55. The van der Waals surface area contributed by atoms with E-state index in [0.717, 1.165) is 19.3 Å². The van der Waals surface area contributed by atoms with Crippen LogP contribution in [0.3, 0.4) is 0 Å². The Kier molecular flexibility index (Phi) is 5.53. The number of aliphatic carboxylic acids is 1. The summed E-state index contributed by atoms with van der Waals surface area (Å²) in [5.74, 6) is -1.21. The van der Waals surface area contributed by atoms with Gasteiger partial charge in [-0.1, -0.05) is 36.6 Å². The number of aromatic nitrogens is 2. The number of hydrogen-bond acceptors (Lipinski definition) is 5. The number of nitrogens with one attached hydrogen (secondary N) is 1. The van der Waals surface area contributed by atoms with Crippen LogP contribution in [0.15, 0.2) is 22.7 Å². The number of halogens is 1. The minimum Gasteiger partial charge on any atom is -0.480 e. The lowest BCUT2D eigenvalue weighted by Gasteiger charge is -2.33. The molecule has 27 heavy (non-hydrogen) atoms. The summed E-state index contributed by atoms with van der Waals surface area (Å²) in [7, 11) is 0. The highest BCUT2D eigenvalue weighted by atomic mass is 19.1. The Morgan fingerprint density at radius 3 is 2.70 bits per heavy atom. The van der Waals surface area contributed by atoms with Gasteiger partial charge in [0.2, 0.25) is 17.6 Å². The van der Waals surface area contributed by atoms with Crippen LogP contribution in [0.25, 0.3) is 11.4 Å². The summed E-state index contributed by atoms with van der Waals surface area (Å²) in [6, 6.07) is 4.65. The van der Waals surface area contributed by atoms with Gasteiger partial charge >= 0.3 is 5.97 Å². The van der Waals surface area contributed by atoms with Gasteiger partial charge in [0.15, 0.2) is 0 Å². The largest absolute Gasteiger partial charge is 0.480 e. The molecule has 1 heterocycles. The van der Waals surface area contributed by atoms with E-state index in [2.05, 4.69) is 15.5 Å². The first-order valence-electron chi connectivity index (χ1n) is 9.03. The number of aryl methyl sites for hydroxylation is 2. The van der Waals surface area contributed by atoms with Crippen molar-refractivity contribution in [2.24, 2.45) is 0 Å². The van der Waals surface area contributed by atoms with E-state index in [1.807, 2.05) is 0 Å². The molecular formula is C19H22FN3O4. The van der Waals surface area contributed by atoms with E-state index in [-0.39, 0.29) is 36.3 Å². The van der Waals surface area contributed by atoms with Crippen LogP contribution in [0.2, 0.25) is 0 Å². The third-order valence-corrected chi connectivity index (χ3v) is 4.96. The summed E-state index contributed by atoms with van der Waals surface area (Å²) in [6.07, 6.45) is 3.66. The van der Waals surface area contributed by atoms with Crippen molar-refractivity contribution in [2.75, 3.05) is 0 Å². The van der Waals surface area contributed by atoms with Gasteiger partial charge in [0.05, 0.1) is 0 Å². The number of carbonyl (C=O) groups excluding carboxylic acids is 1. The molecule has 0 saturated heterocycles. The molecule has 1 aromatic carbocycles. The summed E-state index contributed by atoms with van der Waals surface area (Å²) < 4.78 is 18.8. The Hall–Kier alpha value is -2.77. The van der Waals surface area contributed by atoms with Crippen LogP contribution in [0.1, 0.15) is 50.0 Å². The van der Waals surface area contributed by atoms with Gasteiger partial charge in [-0.15, -0.1) is 0 Å². The molecule has 0 spiro atoms. The van der Waals surface area contributed by atoms with E-state index >= 15 is 0 Å². The number of carbonyl (C=O) groups is 2. The molecule has 1 amide bonds. The third-order valence-electron chi connectivity index (χ3n) is 4.96. The Morgan fingerprint density at radius 2 is 2.04 bits per heavy atom. The van der Waals surface area contributed by atoms with Crippen LogP contribution in [-0.2, 0) is 16.0 Å². The highest BCUT2D eigenvalue weighted by Crippen LogP contribution is 2.28. The monoisotopic (exact) mass is 375 g/mol. The standard InChI is InChI=1S/C19H22FN3O4/c1-12-5-6-13(11-14(12)20)17-21-16(27-23-17)8-7-15(24)22-19(18(25)26)9-3-2-4-10-19/h5-6,11H,2-4,7-10H2,1H3,(H,22,24)(H,25,26). The highest BCUT2D eigenvalue weighted by molar-refractivity contribution is 5.87. The second-order valence-electron chi connectivity index (χ2n) is 6.97. The number of amides is 1.